The normalized spacial score (nSPS) is 15.4. The maximum atomic E-state index is 13.6. The lowest BCUT2D eigenvalue weighted by Crippen LogP contribution is -2.34. The van der Waals surface area contributed by atoms with Crippen LogP contribution in [0.15, 0.2) is 48.8 Å². The van der Waals surface area contributed by atoms with Crippen LogP contribution in [0.1, 0.15) is 12.8 Å². The summed E-state index contributed by atoms with van der Waals surface area (Å²) in [6.07, 6.45) is 5.70. The lowest BCUT2D eigenvalue weighted by atomic mass is 9.97. The minimum absolute atomic E-state index is 0.136. The van der Waals surface area contributed by atoms with E-state index in [9.17, 15) is 4.39 Å². The first-order valence-electron chi connectivity index (χ1n) is 8.52. The van der Waals surface area contributed by atoms with Crippen molar-refractivity contribution in [2.75, 3.05) is 18.8 Å². The number of hydrogen-bond acceptors (Lipinski definition) is 4. The summed E-state index contributed by atoms with van der Waals surface area (Å²) < 4.78 is 20.0. The zero-order chi connectivity index (χ0) is 17.2. The molecule has 1 aliphatic heterocycles. The number of benzene rings is 2. The Labute approximate surface area is 145 Å². The highest BCUT2D eigenvalue weighted by atomic mass is 19.1. The van der Waals surface area contributed by atoms with E-state index in [1.807, 2.05) is 24.4 Å². The SMILES string of the molecule is Nc1cc(-c2c(OC3CCNCC3)ccc3cnccc23)ccc1F. The number of hydrogen-bond donors (Lipinski definition) is 2. The summed E-state index contributed by atoms with van der Waals surface area (Å²) in [7, 11) is 0. The van der Waals surface area contributed by atoms with Crippen LogP contribution in [0.25, 0.3) is 21.9 Å². The van der Waals surface area contributed by atoms with Gasteiger partial charge in [0.05, 0.1) is 5.69 Å². The maximum absolute atomic E-state index is 13.6. The van der Waals surface area contributed by atoms with Crippen LogP contribution >= 0.6 is 0 Å². The number of nitrogens with two attached hydrogens (primary N) is 1. The van der Waals surface area contributed by atoms with Crippen molar-refractivity contribution in [3.63, 3.8) is 0 Å². The first-order chi connectivity index (χ1) is 12.2. The zero-order valence-electron chi connectivity index (χ0n) is 13.8. The van der Waals surface area contributed by atoms with Crippen LogP contribution in [-0.2, 0) is 0 Å². The van der Waals surface area contributed by atoms with E-state index in [0.29, 0.717) is 0 Å². The molecule has 0 atom stereocenters. The van der Waals surface area contributed by atoms with E-state index >= 15 is 0 Å². The number of aromatic nitrogens is 1. The quantitative estimate of drug-likeness (QED) is 0.715. The molecule has 4 nitrogen and oxygen atoms in total. The van der Waals surface area contributed by atoms with Gasteiger partial charge >= 0.3 is 0 Å². The van der Waals surface area contributed by atoms with E-state index in [-0.39, 0.29) is 11.8 Å². The third-order valence-electron chi connectivity index (χ3n) is 4.65. The maximum Gasteiger partial charge on any atom is 0.146 e. The number of halogens is 1. The van der Waals surface area contributed by atoms with E-state index in [1.165, 1.54) is 6.07 Å². The Morgan fingerprint density at radius 3 is 2.76 bits per heavy atom. The Kier molecular flexibility index (Phi) is 4.24. The molecule has 5 heteroatoms. The minimum atomic E-state index is -0.411. The van der Waals surface area contributed by atoms with E-state index in [2.05, 4.69) is 10.3 Å². The van der Waals surface area contributed by atoms with Gasteiger partial charge in [-0.25, -0.2) is 4.39 Å². The van der Waals surface area contributed by atoms with Gasteiger partial charge < -0.3 is 15.8 Å². The second kappa shape index (κ2) is 6.69. The average molecular weight is 337 g/mol. The van der Waals surface area contributed by atoms with Crippen LogP contribution in [0, 0.1) is 5.82 Å². The smallest absolute Gasteiger partial charge is 0.146 e. The van der Waals surface area contributed by atoms with Crippen molar-refractivity contribution < 1.29 is 9.13 Å². The average Bonchev–Trinajstić information content (AvgIpc) is 2.65. The van der Waals surface area contributed by atoms with Crippen LogP contribution in [0.3, 0.4) is 0 Å². The molecule has 0 aliphatic carbocycles. The molecule has 0 radical (unpaired) electrons. The lowest BCUT2D eigenvalue weighted by molar-refractivity contribution is 0.163. The fourth-order valence-corrected chi connectivity index (χ4v) is 3.34. The van der Waals surface area contributed by atoms with Crippen LogP contribution < -0.4 is 15.8 Å². The second-order valence-electron chi connectivity index (χ2n) is 6.34. The van der Waals surface area contributed by atoms with E-state index in [0.717, 1.165) is 53.6 Å². The highest BCUT2D eigenvalue weighted by Crippen LogP contribution is 2.38. The zero-order valence-corrected chi connectivity index (χ0v) is 13.8. The predicted molar refractivity (Wildman–Crippen MR) is 98.1 cm³/mol. The highest BCUT2D eigenvalue weighted by Gasteiger charge is 2.19. The molecule has 4 rings (SSSR count). The summed E-state index contributed by atoms with van der Waals surface area (Å²) in [5, 5.41) is 5.38. The molecule has 0 amide bonds. The number of nitrogen functional groups attached to an aromatic ring is 1. The molecule has 1 aliphatic rings. The Morgan fingerprint density at radius 2 is 1.96 bits per heavy atom. The summed E-state index contributed by atoms with van der Waals surface area (Å²) >= 11 is 0. The lowest BCUT2D eigenvalue weighted by Gasteiger charge is -2.25. The van der Waals surface area contributed by atoms with Gasteiger partial charge in [0.2, 0.25) is 0 Å². The van der Waals surface area contributed by atoms with Gasteiger partial charge in [0.25, 0.3) is 0 Å². The molecular formula is C20H20FN3O. The van der Waals surface area contributed by atoms with Gasteiger partial charge in [-0.2, -0.15) is 0 Å². The second-order valence-corrected chi connectivity index (χ2v) is 6.34. The van der Waals surface area contributed by atoms with Crippen molar-refractivity contribution in [1.82, 2.24) is 10.3 Å². The standard InChI is InChI=1S/C20H20FN3O/c21-17-3-1-13(11-18(17)22)20-16-7-10-24-12-14(16)2-4-19(20)25-15-5-8-23-9-6-15/h1-4,7,10-12,15,23H,5-6,8-9,22H2. The Hall–Kier alpha value is -2.66. The van der Waals surface area contributed by atoms with Gasteiger partial charge in [0.15, 0.2) is 0 Å². The molecule has 1 saturated heterocycles. The third-order valence-corrected chi connectivity index (χ3v) is 4.65. The number of nitrogens with zero attached hydrogens (tertiary/aromatic N) is 1. The molecule has 1 aromatic heterocycles. The Balaban J connectivity index is 1.85. The molecule has 25 heavy (non-hydrogen) atoms. The fourth-order valence-electron chi connectivity index (χ4n) is 3.34. The van der Waals surface area contributed by atoms with E-state index in [4.69, 9.17) is 10.5 Å². The number of ether oxygens (including phenoxy) is 1. The van der Waals surface area contributed by atoms with Crippen molar-refractivity contribution in [3.05, 3.63) is 54.6 Å². The fraction of sp³-hybridized carbons (Fsp3) is 0.250. The van der Waals surface area contributed by atoms with Crippen molar-refractivity contribution >= 4 is 16.5 Å². The first-order valence-corrected chi connectivity index (χ1v) is 8.52. The molecule has 3 N–H and O–H groups in total. The van der Waals surface area contributed by atoms with Gasteiger partial charge in [0.1, 0.15) is 17.7 Å². The molecule has 0 unspecified atom stereocenters. The third kappa shape index (κ3) is 3.15. The van der Waals surface area contributed by atoms with Crippen molar-refractivity contribution in [2.24, 2.45) is 0 Å². The summed E-state index contributed by atoms with van der Waals surface area (Å²) in [6.45, 7) is 1.92. The molecular weight excluding hydrogens is 317 g/mol. The highest BCUT2D eigenvalue weighted by molar-refractivity contribution is 5.99. The molecule has 3 aromatic rings. The van der Waals surface area contributed by atoms with Gasteiger partial charge in [-0.05, 0) is 67.2 Å². The number of piperidine rings is 1. The number of fused-ring (bicyclic) bond motifs is 1. The Morgan fingerprint density at radius 1 is 1.12 bits per heavy atom. The van der Waals surface area contributed by atoms with Gasteiger partial charge in [0, 0.05) is 23.3 Å². The van der Waals surface area contributed by atoms with Crippen molar-refractivity contribution in [2.45, 2.75) is 18.9 Å². The molecule has 0 spiro atoms. The van der Waals surface area contributed by atoms with Crippen LogP contribution in [0.2, 0.25) is 0 Å². The molecule has 2 aromatic carbocycles. The van der Waals surface area contributed by atoms with Crippen LogP contribution in [0.4, 0.5) is 10.1 Å². The molecule has 1 fully saturated rings. The summed E-state index contributed by atoms with van der Waals surface area (Å²) in [4.78, 5) is 4.19. The summed E-state index contributed by atoms with van der Waals surface area (Å²) in [5.74, 6) is 0.392. The predicted octanol–water partition coefficient (Wildman–Crippen LogP) is 3.75. The Bertz CT molecular complexity index is 907. The van der Waals surface area contributed by atoms with E-state index < -0.39 is 5.82 Å². The summed E-state index contributed by atoms with van der Waals surface area (Å²) in [6, 6.07) is 10.8. The van der Waals surface area contributed by atoms with Gasteiger partial charge in [-0.15, -0.1) is 0 Å². The topological polar surface area (TPSA) is 60.2 Å². The van der Waals surface area contributed by atoms with Crippen LogP contribution in [-0.4, -0.2) is 24.2 Å². The van der Waals surface area contributed by atoms with Gasteiger partial charge in [-0.3, -0.25) is 4.98 Å². The van der Waals surface area contributed by atoms with Crippen molar-refractivity contribution in [3.8, 4) is 16.9 Å². The summed E-state index contributed by atoms with van der Waals surface area (Å²) in [5.41, 5.74) is 7.72. The number of nitrogens with one attached hydrogen (secondary N) is 1. The van der Waals surface area contributed by atoms with Crippen LogP contribution in [0.5, 0.6) is 5.75 Å². The first kappa shape index (κ1) is 15.8. The minimum Gasteiger partial charge on any atom is -0.490 e. The number of pyridine rings is 1. The number of anilines is 1. The monoisotopic (exact) mass is 337 g/mol. The van der Waals surface area contributed by atoms with Crippen molar-refractivity contribution in [1.29, 1.82) is 0 Å². The van der Waals surface area contributed by atoms with Gasteiger partial charge in [-0.1, -0.05) is 6.07 Å². The largest absolute Gasteiger partial charge is 0.490 e. The van der Waals surface area contributed by atoms with E-state index in [1.54, 1.807) is 18.3 Å². The molecule has 0 bridgehead atoms. The molecule has 0 saturated carbocycles. The molecule has 128 valence electrons. The molecule has 2 heterocycles. The number of rotatable bonds is 3.